The maximum absolute atomic E-state index is 5.20. The van der Waals surface area contributed by atoms with Crippen LogP contribution in [0.5, 0.6) is 0 Å². The SMILES string of the molecule is CCNc1cnc(-c2ccco2)cn1. The van der Waals surface area contributed by atoms with Crippen molar-refractivity contribution in [1.29, 1.82) is 0 Å². The van der Waals surface area contributed by atoms with Gasteiger partial charge in [-0.3, -0.25) is 0 Å². The van der Waals surface area contributed by atoms with E-state index in [1.54, 1.807) is 18.7 Å². The Morgan fingerprint density at radius 2 is 2.29 bits per heavy atom. The van der Waals surface area contributed by atoms with Gasteiger partial charge in [0.2, 0.25) is 0 Å². The second-order valence-electron chi connectivity index (χ2n) is 2.79. The summed E-state index contributed by atoms with van der Waals surface area (Å²) < 4.78 is 5.20. The highest BCUT2D eigenvalue weighted by atomic mass is 16.3. The van der Waals surface area contributed by atoms with Crippen molar-refractivity contribution in [2.75, 3.05) is 11.9 Å². The van der Waals surface area contributed by atoms with Gasteiger partial charge < -0.3 is 9.73 Å². The van der Waals surface area contributed by atoms with Crippen LogP contribution in [-0.4, -0.2) is 16.5 Å². The Balaban J connectivity index is 2.22. The summed E-state index contributed by atoms with van der Waals surface area (Å²) in [6, 6.07) is 3.69. The molecule has 0 aliphatic carbocycles. The molecule has 0 aliphatic heterocycles. The summed E-state index contributed by atoms with van der Waals surface area (Å²) in [5.74, 6) is 1.52. The highest BCUT2D eigenvalue weighted by Gasteiger charge is 2.01. The summed E-state index contributed by atoms with van der Waals surface area (Å²) in [6.07, 6.45) is 5.01. The van der Waals surface area contributed by atoms with Crippen LogP contribution in [0.4, 0.5) is 5.82 Å². The first-order valence-corrected chi connectivity index (χ1v) is 4.50. The molecular formula is C10H11N3O. The number of rotatable bonds is 3. The Labute approximate surface area is 82.0 Å². The van der Waals surface area contributed by atoms with Gasteiger partial charge in [-0.1, -0.05) is 0 Å². The van der Waals surface area contributed by atoms with Crippen LogP contribution < -0.4 is 5.32 Å². The Hall–Kier alpha value is -1.84. The van der Waals surface area contributed by atoms with Crippen molar-refractivity contribution >= 4 is 5.82 Å². The van der Waals surface area contributed by atoms with Crippen LogP contribution in [0.25, 0.3) is 11.5 Å². The molecule has 2 aromatic rings. The number of nitrogens with zero attached hydrogens (tertiary/aromatic N) is 2. The van der Waals surface area contributed by atoms with Crippen LogP contribution in [0.3, 0.4) is 0 Å². The van der Waals surface area contributed by atoms with Gasteiger partial charge >= 0.3 is 0 Å². The van der Waals surface area contributed by atoms with Crippen LogP contribution in [0.15, 0.2) is 35.2 Å². The zero-order valence-electron chi connectivity index (χ0n) is 7.90. The van der Waals surface area contributed by atoms with E-state index in [0.717, 1.165) is 23.8 Å². The first kappa shape index (κ1) is 8.74. The molecule has 1 N–H and O–H groups in total. The average Bonchev–Trinajstić information content (AvgIpc) is 2.72. The highest BCUT2D eigenvalue weighted by molar-refractivity contribution is 5.51. The number of furan rings is 1. The molecule has 2 rings (SSSR count). The minimum Gasteiger partial charge on any atom is -0.463 e. The van der Waals surface area contributed by atoms with Gasteiger partial charge in [0.1, 0.15) is 11.5 Å². The summed E-state index contributed by atoms with van der Waals surface area (Å²) in [5.41, 5.74) is 0.747. The molecule has 72 valence electrons. The molecule has 0 saturated carbocycles. The molecule has 0 radical (unpaired) electrons. The van der Waals surface area contributed by atoms with E-state index in [-0.39, 0.29) is 0 Å². The third-order valence-corrected chi connectivity index (χ3v) is 1.78. The summed E-state index contributed by atoms with van der Waals surface area (Å²) in [5, 5.41) is 3.08. The normalized spacial score (nSPS) is 10.1. The fraction of sp³-hybridized carbons (Fsp3) is 0.200. The predicted octanol–water partition coefficient (Wildman–Crippen LogP) is 2.17. The van der Waals surface area contributed by atoms with E-state index in [9.17, 15) is 0 Å². The van der Waals surface area contributed by atoms with Gasteiger partial charge in [-0.15, -0.1) is 0 Å². The van der Waals surface area contributed by atoms with Crippen molar-refractivity contribution in [3.8, 4) is 11.5 Å². The Bertz CT molecular complexity index is 380. The van der Waals surface area contributed by atoms with Crippen molar-refractivity contribution in [3.63, 3.8) is 0 Å². The molecule has 0 aliphatic rings. The summed E-state index contributed by atoms with van der Waals surface area (Å²) >= 11 is 0. The van der Waals surface area contributed by atoms with Crippen LogP contribution in [0, 0.1) is 0 Å². The van der Waals surface area contributed by atoms with Crippen molar-refractivity contribution in [3.05, 3.63) is 30.8 Å². The molecular weight excluding hydrogens is 178 g/mol. The van der Waals surface area contributed by atoms with E-state index in [1.807, 2.05) is 19.1 Å². The third-order valence-electron chi connectivity index (χ3n) is 1.78. The molecule has 0 fully saturated rings. The van der Waals surface area contributed by atoms with Gasteiger partial charge in [-0.25, -0.2) is 9.97 Å². The quantitative estimate of drug-likeness (QED) is 0.803. The number of aromatic nitrogens is 2. The first-order valence-electron chi connectivity index (χ1n) is 4.50. The summed E-state index contributed by atoms with van der Waals surface area (Å²) in [7, 11) is 0. The Kier molecular flexibility index (Phi) is 2.44. The van der Waals surface area contributed by atoms with Crippen molar-refractivity contribution < 1.29 is 4.42 Å². The number of anilines is 1. The summed E-state index contributed by atoms with van der Waals surface area (Å²) in [4.78, 5) is 8.41. The lowest BCUT2D eigenvalue weighted by molar-refractivity contribution is 0.579. The lowest BCUT2D eigenvalue weighted by atomic mass is 10.3. The standard InChI is InChI=1S/C10H11N3O/c1-2-11-10-7-12-8(6-13-10)9-4-3-5-14-9/h3-7H,2H2,1H3,(H,11,13). The molecule has 0 aromatic carbocycles. The predicted molar refractivity (Wildman–Crippen MR) is 53.9 cm³/mol. The molecule has 0 unspecified atom stereocenters. The molecule has 0 atom stereocenters. The molecule has 14 heavy (non-hydrogen) atoms. The van der Waals surface area contributed by atoms with Gasteiger partial charge in [0, 0.05) is 6.54 Å². The molecule has 0 spiro atoms. The van der Waals surface area contributed by atoms with Crippen LogP contribution in [0.2, 0.25) is 0 Å². The van der Waals surface area contributed by atoms with Gasteiger partial charge in [-0.05, 0) is 19.1 Å². The topological polar surface area (TPSA) is 51.0 Å². The molecule has 4 heteroatoms. The van der Waals surface area contributed by atoms with Gasteiger partial charge in [0.15, 0.2) is 5.76 Å². The first-order chi connectivity index (χ1) is 6.90. The minimum absolute atomic E-state index is 0.737. The van der Waals surface area contributed by atoms with Gasteiger partial charge in [-0.2, -0.15) is 0 Å². The van der Waals surface area contributed by atoms with Crippen LogP contribution >= 0.6 is 0 Å². The molecule has 4 nitrogen and oxygen atoms in total. The van der Waals surface area contributed by atoms with Gasteiger partial charge in [0.25, 0.3) is 0 Å². The average molecular weight is 189 g/mol. The van der Waals surface area contributed by atoms with E-state index in [2.05, 4.69) is 15.3 Å². The third kappa shape index (κ3) is 1.74. The largest absolute Gasteiger partial charge is 0.463 e. The lowest BCUT2D eigenvalue weighted by Crippen LogP contribution is -1.99. The second kappa shape index (κ2) is 3.91. The minimum atomic E-state index is 0.737. The van der Waals surface area contributed by atoms with E-state index in [0.29, 0.717) is 0 Å². The maximum atomic E-state index is 5.20. The Morgan fingerprint density at radius 1 is 1.36 bits per heavy atom. The lowest BCUT2D eigenvalue weighted by Gasteiger charge is -2.01. The number of hydrogen-bond donors (Lipinski definition) is 1. The molecule has 2 heterocycles. The molecule has 0 amide bonds. The molecule has 2 aromatic heterocycles. The molecule has 0 bridgehead atoms. The fourth-order valence-corrected chi connectivity index (χ4v) is 1.15. The highest BCUT2D eigenvalue weighted by Crippen LogP contribution is 2.16. The second-order valence-corrected chi connectivity index (χ2v) is 2.79. The van der Waals surface area contributed by atoms with Crippen LogP contribution in [-0.2, 0) is 0 Å². The van der Waals surface area contributed by atoms with E-state index in [4.69, 9.17) is 4.42 Å². The van der Waals surface area contributed by atoms with Crippen molar-refractivity contribution in [2.45, 2.75) is 6.92 Å². The number of hydrogen-bond acceptors (Lipinski definition) is 4. The fourth-order valence-electron chi connectivity index (χ4n) is 1.15. The zero-order valence-corrected chi connectivity index (χ0v) is 7.90. The smallest absolute Gasteiger partial charge is 0.153 e. The van der Waals surface area contributed by atoms with E-state index < -0.39 is 0 Å². The summed E-state index contributed by atoms with van der Waals surface area (Å²) in [6.45, 7) is 2.86. The van der Waals surface area contributed by atoms with Crippen molar-refractivity contribution in [1.82, 2.24) is 9.97 Å². The number of nitrogens with one attached hydrogen (secondary N) is 1. The maximum Gasteiger partial charge on any atom is 0.153 e. The Morgan fingerprint density at radius 3 is 2.86 bits per heavy atom. The van der Waals surface area contributed by atoms with Gasteiger partial charge in [0.05, 0.1) is 18.7 Å². The molecule has 0 saturated heterocycles. The monoisotopic (exact) mass is 189 g/mol. The van der Waals surface area contributed by atoms with Crippen LogP contribution in [0.1, 0.15) is 6.92 Å². The van der Waals surface area contributed by atoms with E-state index in [1.165, 1.54) is 0 Å². The van der Waals surface area contributed by atoms with Crippen molar-refractivity contribution in [2.24, 2.45) is 0 Å². The zero-order chi connectivity index (χ0) is 9.80. The van der Waals surface area contributed by atoms with E-state index >= 15 is 0 Å².